The molecule has 22 heavy (non-hydrogen) atoms. The second kappa shape index (κ2) is 5.52. The zero-order valence-corrected chi connectivity index (χ0v) is 14.1. The summed E-state index contributed by atoms with van der Waals surface area (Å²) in [6.07, 6.45) is 0.524. The molecular formula is C18H17BrO3. The number of hydrogen-bond acceptors (Lipinski definition) is 3. The van der Waals surface area contributed by atoms with Crippen LogP contribution in [0.25, 0.3) is 11.1 Å². The van der Waals surface area contributed by atoms with E-state index < -0.39 is 5.60 Å². The van der Waals surface area contributed by atoms with Crippen LogP contribution in [0.15, 0.2) is 40.9 Å². The number of fused-ring (bicyclic) bond motifs is 3. The Labute approximate surface area is 138 Å². The number of hydrogen-bond donors (Lipinski definition) is 1. The summed E-state index contributed by atoms with van der Waals surface area (Å²) in [5.41, 5.74) is 2.51. The molecule has 0 amide bonds. The lowest BCUT2D eigenvalue weighted by Crippen LogP contribution is -2.21. The predicted octanol–water partition coefficient (Wildman–Crippen LogP) is 4.20. The smallest absolute Gasteiger partial charge is 0.194 e. The molecule has 0 bridgehead atoms. The maximum Gasteiger partial charge on any atom is 0.194 e. The Bertz CT molecular complexity index is 744. The minimum absolute atomic E-state index is 0.0271. The van der Waals surface area contributed by atoms with Crippen LogP contribution in [0.3, 0.4) is 0 Å². The molecule has 1 aliphatic carbocycles. The van der Waals surface area contributed by atoms with Gasteiger partial charge in [-0.2, -0.15) is 0 Å². The first-order chi connectivity index (χ1) is 10.4. The van der Waals surface area contributed by atoms with Crippen molar-refractivity contribution in [3.63, 3.8) is 0 Å². The quantitative estimate of drug-likeness (QED) is 0.758. The molecule has 114 valence electrons. The Morgan fingerprint density at radius 3 is 2.50 bits per heavy atom. The van der Waals surface area contributed by atoms with Gasteiger partial charge in [-0.15, -0.1) is 0 Å². The predicted molar refractivity (Wildman–Crippen MR) is 89.4 cm³/mol. The van der Waals surface area contributed by atoms with E-state index in [1.54, 1.807) is 19.9 Å². The Morgan fingerprint density at radius 1 is 1.14 bits per heavy atom. The summed E-state index contributed by atoms with van der Waals surface area (Å²) in [5.74, 6) is 0.662. The second-order valence-electron chi connectivity index (χ2n) is 6.11. The fourth-order valence-corrected chi connectivity index (χ4v) is 3.23. The van der Waals surface area contributed by atoms with Crippen LogP contribution in [0.4, 0.5) is 0 Å². The lowest BCUT2D eigenvalue weighted by molar-refractivity contribution is 0.0553. The van der Waals surface area contributed by atoms with Crippen LogP contribution in [-0.2, 0) is 0 Å². The molecule has 0 fully saturated rings. The second-order valence-corrected chi connectivity index (χ2v) is 6.97. The van der Waals surface area contributed by atoms with Gasteiger partial charge >= 0.3 is 0 Å². The Kier molecular flexibility index (Phi) is 3.83. The Hall–Kier alpha value is -1.65. The molecule has 0 unspecified atom stereocenters. The van der Waals surface area contributed by atoms with Crippen LogP contribution < -0.4 is 4.74 Å². The molecule has 1 aliphatic rings. The molecule has 0 radical (unpaired) electrons. The summed E-state index contributed by atoms with van der Waals surface area (Å²) in [6.45, 7) is 3.89. The van der Waals surface area contributed by atoms with Gasteiger partial charge in [-0.1, -0.05) is 24.3 Å². The lowest BCUT2D eigenvalue weighted by Gasteiger charge is -2.17. The SMILES string of the molecule is CC(C)(O)CCOc1cc(Br)c2c(c1)C(=O)c1ccccc1-2. The van der Waals surface area contributed by atoms with Crippen molar-refractivity contribution in [2.24, 2.45) is 0 Å². The Morgan fingerprint density at radius 2 is 1.82 bits per heavy atom. The van der Waals surface area contributed by atoms with E-state index in [0.717, 1.165) is 21.2 Å². The van der Waals surface area contributed by atoms with Gasteiger partial charge in [-0.25, -0.2) is 0 Å². The molecule has 0 heterocycles. The average molecular weight is 361 g/mol. The molecule has 0 spiro atoms. The largest absolute Gasteiger partial charge is 0.493 e. The Balaban J connectivity index is 1.91. The topological polar surface area (TPSA) is 46.5 Å². The van der Waals surface area contributed by atoms with Crippen LogP contribution in [-0.4, -0.2) is 23.1 Å². The highest BCUT2D eigenvalue weighted by molar-refractivity contribution is 9.10. The number of ketones is 1. The van der Waals surface area contributed by atoms with Gasteiger partial charge in [0.25, 0.3) is 0 Å². The summed E-state index contributed by atoms with van der Waals surface area (Å²) < 4.78 is 6.54. The number of carbonyl (C=O) groups excluding carboxylic acids is 1. The van der Waals surface area contributed by atoms with Crippen molar-refractivity contribution in [2.45, 2.75) is 25.9 Å². The van der Waals surface area contributed by atoms with Crippen LogP contribution in [0.1, 0.15) is 36.2 Å². The standard InChI is InChI=1S/C18H17BrO3/c1-18(2,21)7-8-22-11-9-14-16(15(19)10-11)12-5-3-4-6-13(12)17(14)20/h3-6,9-10,21H,7-8H2,1-2H3. The van der Waals surface area contributed by atoms with E-state index >= 15 is 0 Å². The number of rotatable bonds is 4. The van der Waals surface area contributed by atoms with Gasteiger partial charge in [0.1, 0.15) is 5.75 Å². The molecule has 1 N–H and O–H groups in total. The third kappa shape index (κ3) is 2.81. The summed E-state index contributed by atoms with van der Waals surface area (Å²) >= 11 is 3.55. The van der Waals surface area contributed by atoms with Gasteiger partial charge in [0.15, 0.2) is 5.78 Å². The van der Waals surface area contributed by atoms with E-state index in [-0.39, 0.29) is 5.78 Å². The van der Waals surface area contributed by atoms with Crippen molar-refractivity contribution in [3.8, 4) is 16.9 Å². The highest BCUT2D eigenvalue weighted by atomic mass is 79.9. The van der Waals surface area contributed by atoms with Crippen molar-refractivity contribution in [1.29, 1.82) is 0 Å². The number of ether oxygens (including phenoxy) is 1. The molecule has 0 aliphatic heterocycles. The normalized spacial score (nSPS) is 13.0. The number of aliphatic hydroxyl groups is 1. The van der Waals surface area contributed by atoms with Crippen molar-refractivity contribution in [1.82, 2.24) is 0 Å². The molecule has 4 heteroatoms. The van der Waals surface area contributed by atoms with Crippen molar-refractivity contribution >= 4 is 21.7 Å². The van der Waals surface area contributed by atoms with Gasteiger partial charge in [0, 0.05) is 27.6 Å². The van der Waals surface area contributed by atoms with Gasteiger partial charge < -0.3 is 9.84 Å². The number of benzene rings is 2. The number of halogens is 1. The molecule has 3 nitrogen and oxygen atoms in total. The third-order valence-electron chi connectivity index (χ3n) is 3.73. The fraction of sp³-hybridized carbons (Fsp3) is 0.278. The average Bonchev–Trinajstić information content (AvgIpc) is 2.72. The first kappa shape index (κ1) is 15.3. The van der Waals surface area contributed by atoms with Gasteiger partial charge in [0.2, 0.25) is 0 Å². The van der Waals surface area contributed by atoms with Crippen LogP contribution >= 0.6 is 15.9 Å². The highest BCUT2D eigenvalue weighted by Crippen LogP contribution is 2.43. The van der Waals surface area contributed by atoms with E-state index in [2.05, 4.69) is 15.9 Å². The first-order valence-electron chi connectivity index (χ1n) is 7.20. The van der Waals surface area contributed by atoms with E-state index in [1.165, 1.54) is 0 Å². The van der Waals surface area contributed by atoms with Crippen molar-refractivity contribution in [2.75, 3.05) is 6.61 Å². The van der Waals surface area contributed by atoms with Gasteiger partial charge in [0.05, 0.1) is 12.2 Å². The number of carbonyl (C=O) groups is 1. The summed E-state index contributed by atoms with van der Waals surface area (Å²) in [5, 5.41) is 9.72. The van der Waals surface area contributed by atoms with E-state index in [9.17, 15) is 9.90 Å². The van der Waals surface area contributed by atoms with Crippen LogP contribution in [0, 0.1) is 0 Å². The zero-order chi connectivity index (χ0) is 15.9. The van der Waals surface area contributed by atoms with E-state index in [4.69, 9.17) is 4.74 Å². The molecular weight excluding hydrogens is 344 g/mol. The maximum atomic E-state index is 12.5. The van der Waals surface area contributed by atoms with Crippen molar-refractivity contribution in [3.05, 3.63) is 52.0 Å². The van der Waals surface area contributed by atoms with Crippen LogP contribution in [0.2, 0.25) is 0 Å². The minimum Gasteiger partial charge on any atom is -0.493 e. The molecule has 0 aromatic heterocycles. The molecule has 3 rings (SSSR count). The third-order valence-corrected chi connectivity index (χ3v) is 4.36. The molecule has 0 saturated carbocycles. The molecule has 0 saturated heterocycles. The van der Waals surface area contributed by atoms with Gasteiger partial charge in [-0.05, 0) is 47.5 Å². The highest BCUT2D eigenvalue weighted by Gasteiger charge is 2.29. The zero-order valence-electron chi connectivity index (χ0n) is 12.5. The summed E-state index contributed by atoms with van der Waals surface area (Å²) in [6, 6.07) is 11.3. The van der Waals surface area contributed by atoms with E-state index in [1.807, 2.05) is 30.3 Å². The molecule has 0 atom stereocenters. The minimum atomic E-state index is -0.764. The summed E-state index contributed by atoms with van der Waals surface area (Å²) in [4.78, 5) is 12.5. The van der Waals surface area contributed by atoms with Crippen LogP contribution in [0.5, 0.6) is 5.75 Å². The van der Waals surface area contributed by atoms with Gasteiger partial charge in [-0.3, -0.25) is 4.79 Å². The lowest BCUT2D eigenvalue weighted by atomic mass is 10.1. The first-order valence-corrected chi connectivity index (χ1v) is 7.99. The van der Waals surface area contributed by atoms with E-state index in [0.29, 0.717) is 24.3 Å². The maximum absolute atomic E-state index is 12.5. The summed E-state index contributed by atoms with van der Waals surface area (Å²) in [7, 11) is 0. The molecule has 2 aromatic carbocycles. The molecule has 2 aromatic rings. The van der Waals surface area contributed by atoms with Crippen molar-refractivity contribution < 1.29 is 14.6 Å². The monoisotopic (exact) mass is 360 g/mol. The fourth-order valence-electron chi connectivity index (χ4n) is 2.58.